The van der Waals surface area contributed by atoms with E-state index in [4.69, 9.17) is 68.5 Å². The number of methoxy groups -OCH3 is 4. The molecule has 9 amide bonds. The fourth-order valence-corrected chi connectivity index (χ4v) is 24.1. The van der Waals surface area contributed by atoms with Crippen LogP contribution in [0.1, 0.15) is 45.9 Å². The summed E-state index contributed by atoms with van der Waals surface area (Å²) in [7, 11) is 6.41. The van der Waals surface area contributed by atoms with Crippen molar-refractivity contribution in [2.45, 2.75) is 92.9 Å². The van der Waals surface area contributed by atoms with E-state index >= 15 is 0 Å². The monoisotopic (exact) mass is 2050 g/mol. The van der Waals surface area contributed by atoms with Gasteiger partial charge in [-0.15, -0.1) is 47.0 Å². The summed E-state index contributed by atoms with van der Waals surface area (Å²) in [5, 5.41) is 26.9. The number of hydrogen-bond donors (Lipinski definition) is 9. The second-order valence-corrected chi connectivity index (χ2v) is 39.6. The molecule has 0 radical (unpaired) electrons. The maximum atomic E-state index is 12.9. The Hall–Kier alpha value is -11.0. The van der Waals surface area contributed by atoms with Crippen LogP contribution in [0.3, 0.4) is 0 Å². The summed E-state index contributed by atoms with van der Waals surface area (Å²) in [6.45, 7) is 3.40. The first-order valence-corrected chi connectivity index (χ1v) is 49.1. The Labute approximate surface area is 814 Å². The highest BCUT2D eigenvalue weighted by molar-refractivity contribution is 8.72. The molecule has 46 heteroatoms. The van der Waals surface area contributed by atoms with Gasteiger partial charge in [-0.05, 0) is 72.7 Å². The fourth-order valence-electron chi connectivity index (χ4n) is 14.3. The number of hydrogen-bond acceptors (Lipinski definition) is 30. The van der Waals surface area contributed by atoms with Crippen LogP contribution in [0.2, 0.25) is 0 Å². The number of nitrogens with one attached hydrogen (secondary N) is 7. The molecule has 9 heterocycles. The molecule has 13 atom stereocenters. The summed E-state index contributed by atoms with van der Waals surface area (Å²) in [5.41, 5.74) is 11.7. The van der Waals surface area contributed by atoms with Crippen LogP contribution < -0.4 is 43.0 Å². The van der Waals surface area contributed by atoms with Gasteiger partial charge in [-0.3, -0.25) is 72.4 Å². The van der Waals surface area contributed by atoms with E-state index in [9.17, 15) is 85.4 Å². The summed E-state index contributed by atoms with van der Waals surface area (Å²) >= 11 is 34.9. The van der Waals surface area contributed by atoms with Gasteiger partial charge in [0, 0.05) is 33.8 Å². The number of nitrogens with zero attached hydrogens (tertiary/aromatic N) is 5. The van der Waals surface area contributed by atoms with E-state index in [2.05, 4.69) is 63.7 Å². The lowest BCUT2D eigenvalue weighted by molar-refractivity contribution is -0.151. The number of ether oxygens (including phenoxy) is 4. The largest absolute Gasteiger partial charge is 0.477 e. The van der Waals surface area contributed by atoms with Crippen molar-refractivity contribution < 1.29 is 104 Å². The van der Waals surface area contributed by atoms with Crippen LogP contribution in [0.25, 0.3) is 0 Å². The zero-order valence-corrected chi connectivity index (χ0v) is 80.6. The van der Waals surface area contributed by atoms with Crippen LogP contribution in [0.15, 0.2) is 248 Å². The maximum absolute atomic E-state index is 12.9. The van der Waals surface area contributed by atoms with E-state index in [-0.39, 0.29) is 124 Å². The number of carbonyl (C=O) groups is 15. The SMILES string of the molecule is C=C=C(C(=O)OC)N1C(=O)C(NC(=O)Cc2ccccc2)C1SS(=O)(=O)c1ccccc1.CNC(C(=O)Cl)c1ccccc1.CNC(C(=O)NC1C(=O)N2C(C(=O)O)=C(Cl)CSC12)c1ccccc1.CNC(C(=O)NC1C(=O)N2C(C(=O)OC)=C(Cl)CSC12)c1ccccc1.COC(=O)C1=C(Cl)CSC2C(N)C(=O)N12.COC(=O)C1=C(Cl)CSC2C(NC(=O)Cc3ccccc3)C(=O)N12. The number of carbonyl (C=O) groups excluding carboxylic acids is 14. The van der Waals surface area contributed by atoms with Crippen molar-refractivity contribution in [1.29, 1.82) is 0 Å². The molecule has 6 aromatic carbocycles. The average molecular weight is 2050 g/mol. The number of likely N-dealkylation sites (N-methyl/N-ethyl adjacent to an activating group) is 3. The topological polar surface area (TPSA) is 474 Å². The molecule has 10 N–H and O–H groups in total. The van der Waals surface area contributed by atoms with E-state index in [1.54, 1.807) is 63.6 Å². The molecule has 0 saturated carbocycles. The van der Waals surface area contributed by atoms with Crippen molar-refractivity contribution in [2.75, 3.05) is 72.6 Å². The molecule has 0 aliphatic carbocycles. The molecular weight excluding hydrogens is 1960 g/mol. The summed E-state index contributed by atoms with van der Waals surface area (Å²) in [6.07, 6.45) is 0.205. The van der Waals surface area contributed by atoms with Crippen molar-refractivity contribution in [3.63, 3.8) is 0 Å². The third kappa shape index (κ3) is 24.3. The van der Waals surface area contributed by atoms with Crippen LogP contribution in [-0.4, -0.2) is 256 Å². The Morgan fingerprint density at radius 3 is 1.10 bits per heavy atom. The number of thioether (sulfide) groups is 4. The number of halogens is 5. The number of aliphatic carboxylic acids is 1. The van der Waals surface area contributed by atoms with Crippen LogP contribution >= 0.6 is 116 Å². The molecule has 9 aliphatic heterocycles. The minimum absolute atomic E-state index is 0.00853. The summed E-state index contributed by atoms with van der Waals surface area (Å²) in [4.78, 5) is 187. The maximum Gasteiger partial charge on any atom is 0.363 e. The lowest BCUT2D eigenvalue weighted by Crippen LogP contribution is -2.71. The van der Waals surface area contributed by atoms with Gasteiger partial charge in [0.05, 0.1) is 66.3 Å². The van der Waals surface area contributed by atoms with Crippen molar-refractivity contribution in [3.8, 4) is 0 Å². The average Bonchev–Trinajstić information content (AvgIpc) is 0.781. The third-order valence-electron chi connectivity index (χ3n) is 20.8. The van der Waals surface area contributed by atoms with Gasteiger partial charge in [0.15, 0.2) is 5.70 Å². The van der Waals surface area contributed by atoms with E-state index < -0.39 is 116 Å². The molecule has 0 aromatic heterocycles. The Kier molecular flexibility index (Phi) is 38.0. The standard InChI is InChI=1S/C22H20N2O6S2.C17H18ClN3O4S.C16H16ClN3O4S.C16H15ClN2O4S.C9H10ClNO.C8H9ClN2O3S/c1-3-17(22(27)30-2)24-20(26)19(23-18(25)14-15-10-6-4-7-11-15)21(24)31-32(28,29)16-12-8-5-9-13-16;1-19-11(9-6-4-3-5-7-9)14(22)20-12-15(23)21-13(17(24)25-2)10(18)8-26-16(12)21;1-18-10(8-5-3-2-4-6-8)13(21)19-11-14(22)20-12(16(23)24)9(17)7-25-15(11)20;1-23-16(22)13-10(17)8-24-15-12(14(21)19(13)15)18-11(20)7-9-5-3-2-4-6-9;1-11-8(9(10)12)7-5-3-2-4-6-7;1-14-8(13)5-3(9)2-15-7-4(10)6(12)11(5)7/h4-13,19,21H,1,14H2,2H3,(H,23,25);3-7,11-12,16,19H,8H2,1-2H3,(H,20,22);2-6,10-11,15,18H,7H2,1H3,(H,19,21)(H,23,24);2-6,12,15H,7-8H2,1H3,(H,18,20);2-6,8,11H,1H3;4,7H,2,10H2,1H3. The first-order chi connectivity index (χ1) is 64.1. The fraction of sp³-hybridized carbons (Fsp3) is 0.295. The molecule has 134 heavy (non-hydrogen) atoms. The predicted molar refractivity (Wildman–Crippen MR) is 506 cm³/mol. The lowest BCUT2D eigenvalue weighted by atomic mass is 10.0. The van der Waals surface area contributed by atoms with Crippen LogP contribution in [-0.2, 0) is 113 Å². The van der Waals surface area contributed by atoms with Crippen molar-refractivity contribution >= 4 is 213 Å². The first kappa shape index (κ1) is 105. The normalized spacial score (nSPS) is 21.6. The third-order valence-corrected chi connectivity index (χ3v) is 31.8. The highest BCUT2D eigenvalue weighted by Crippen LogP contribution is 2.47. The second kappa shape index (κ2) is 48.5. The smallest absolute Gasteiger partial charge is 0.363 e. The van der Waals surface area contributed by atoms with Crippen molar-refractivity contribution in [1.82, 2.24) is 61.7 Å². The molecule has 0 bridgehead atoms. The number of benzene rings is 6. The van der Waals surface area contributed by atoms with E-state index in [0.717, 1.165) is 44.7 Å². The van der Waals surface area contributed by atoms with Gasteiger partial charge in [0.2, 0.25) is 43.6 Å². The Balaban J connectivity index is 0.000000170. The van der Waals surface area contributed by atoms with Gasteiger partial charge in [-0.2, -0.15) is 0 Å². The number of rotatable bonds is 26. The Morgan fingerprint density at radius 1 is 0.455 bits per heavy atom. The highest BCUT2D eigenvalue weighted by atomic mass is 35.5. The lowest BCUT2D eigenvalue weighted by Gasteiger charge is -2.49. The Morgan fingerprint density at radius 2 is 0.769 bits per heavy atom. The molecule has 13 unspecified atom stereocenters. The van der Waals surface area contributed by atoms with E-state index in [1.807, 2.05) is 127 Å². The second-order valence-electron chi connectivity index (χ2n) is 29.0. The number of carboxylic acid groups (broad SMARTS) is 1. The summed E-state index contributed by atoms with van der Waals surface area (Å²) in [6, 6.07) is 48.1. The van der Waals surface area contributed by atoms with Gasteiger partial charge >= 0.3 is 29.8 Å². The number of β-lactam (4-membered cyclic amide) rings is 5. The van der Waals surface area contributed by atoms with E-state index in [0.29, 0.717) is 33.1 Å². The minimum atomic E-state index is -3.92. The molecule has 5 saturated heterocycles. The van der Waals surface area contributed by atoms with Crippen LogP contribution in [0, 0.1) is 0 Å². The van der Waals surface area contributed by atoms with E-state index in [1.165, 1.54) is 95.2 Å². The van der Waals surface area contributed by atoms with Crippen molar-refractivity contribution in [2.24, 2.45) is 5.73 Å². The van der Waals surface area contributed by atoms with Gasteiger partial charge in [0.1, 0.15) is 98.0 Å². The number of carboxylic acids is 1. The van der Waals surface area contributed by atoms with Crippen LogP contribution in [0.4, 0.5) is 0 Å². The number of likely N-dealkylation sites (tertiary alicyclic amines) is 1. The molecular formula is C88H88Cl5N13O22S6. The summed E-state index contributed by atoms with van der Waals surface area (Å²) in [5.74, 6) is -5.99. The number of esters is 4. The molecule has 5 fully saturated rings. The zero-order chi connectivity index (χ0) is 97.7. The number of amides is 9. The molecule has 15 rings (SSSR count). The zero-order valence-electron chi connectivity index (χ0n) is 71.9. The highest BCUT2D eigenvalue weighted by Gasteiger charge is 2.59. The van der Waals surface area contributed by atoms with Gasteiger partial charge < -0.3 is 67.0 Å². The quantitative estimate of drug-likeness (QED) is 0.00531. The van der Waals surface area contributed by atoms with Gasteiger partial charge in [0.25, 0.3) is 23.6 Å². The molecule has 708 valence electrons. The van der Waals surface area contributed by atoms with Gasteiger partial charge in [-0.1, -0.05) is 229 Å². The minimum Gasteiger partial charge on any atom is -0.477 e. The molecule has 6 aromatic rings. The Bertz CT molecular complexity index is 5790. The number of nitrogens with two attached hydrogens (primary N) is 1. The van der Waals surface area contributed by atoms with Crippen molar-refractivity contribution in [3.05, 3.63) is 271 Å². The predicted octanol–water partition coefficient (Wildman–Crippen LogP) is 6.52. The molecule has 35 nitrogen and oxygen atoms in total. The molecule has 9 aliphatic rings. The number of fused-ring (bicyclic) bond motifs is 4. The summed E-state index contributed by atoms with van der Waals surface area (Å²) < 4.78 is 44.4. The molecule has 0 spiro atoms. The van der Waals surface area contributed by atoms with Gasteiger partial charge in [-0.25, -0.2) is 32.4 Å². The first-order valence-electron chi connectivity index (χ1n) is 40.1. The van der Waals surface area contributed by atoms with Crippen LogP contribution in [0.5, 0.6) is 0 Å².